The van der Waals surface area contributed by atoms with Crippen LogP contribution in [0.25, 0.3) is 6.08 Å². The molecule has 1 amide bonds. The predicted octanol–water partition coefficient (Wildman–Crippen LogP) is 2.87. The summed E-state index contributed by atoms with van der Waals surface area (Å²) in [6.45, 7) is 3.77. The maximum atomic E-state index is 12.0. The molecule has 1 saturated heterocycles. The fourth-order valence-corrected chi connectivity index (χ4v) is 2.37. The lowest BCUT2D eigenvalue weighted by Gasteiger charge is -2.30. The fraction of sp³-hybridized carbons (Fsp3) is 0.400. The number of piperidine rings is 1. The van der Waals surface area contributed by atoms with Crippen LogP contribution in [0, 0.1) is 16.0 Å². The molecule has 20 heavy (non-hydrogen) atoms. The van der Waals surface area contributed by atoms with E-state index in [2.05, 4.69) is 6.92 Å². The van der Waals surface area contributed by atoms with Crippen LogP contribution in [0.15, 0.2) is 30.3 Å². The van der Waals surface area contributed by atoms with Gasteiger partial charge in [-0.1, -0.05) is 6.92 Å². The van der Waals surface area contributed by atoms with Gasteiger partial charge in [0.05, 0.1) is 4.92 Å². The lowest BCUT2D eigenvalue weighted by molar-refractivity contribution is -0.384. The second kappa shape index (κ2) is 6.32. The summed E-state index contributed by atoms with van der Waals surface area (Å²) in [6.07, 6.45) is 5.47. The van der Waals surface area contributed by atoms with Crippen LogP contribution in [0.2, 0.25) is 0 Å². The zero-order chi connectivity index (χ0) is 14.5. The molecule has 5 nitrogen and oxygen atoms in total. The van der Waals surface area contributed by atoms with Gasteiger partial charge < -0.3 is 4.90 Å². The highest BCUT2D eigenvalue weighted by atomic mass is 16.6. The molecule has 0 bridgehead atoms. The fourth-order valence-electron chi connectivity index (χ4n) is 2.37. The number of benzene rings is 1. The van der Waals surface area contributed by atoms with E-state index in [1.807, 2.05) is 4.90 Å². The molecule has 0 radical (unpaired) electrons. The van der Waals surface area contributed by atoms with Crippen molar-refractivity contribution in [3.05, 3.63) is 46.0 Å². The van der Waals surface area contributed by atoms with Crippen LogP contribution in [0.5, 0.6) is 0 Å². The van der Waals surface area contributed by atoms with Crippen LogP contribution < -0.4 is 0 Å². The Morgan fingerprint density at radius 3 is 2.70 bits per heavy atom. The van der Waals surface area contributed by atoms with E-state index >= 15 is 0 Å². The van der Waals surface area contributed by atoms with Crippen molar-refractivity contribution in [3.8, 4) is 0 Å². The van der Waals surface area contributed by atoms with Gasteiger partial charge in [-0.3, -0.25) is 14.9 Å². The molecule has 5 heteroatoms. The number of nitrogens with zero attached hydrogens (tertiary/aromatic N) is 2. The molecule has 1 aliphatic heterocycles. The number of nitro benzene ring substituents is 1. The second-order valence-corrected chi connectivity index (χ2v) is 5.21. The van der Waals surface area contributed by atoms with E-state index in [1.54, 1.807) is 24.3 Å². The second-order valence-electron chi connectivity index (χ2n) is 5.21. The lowest BCUT2D eigenvalue weighted by Crippen LogP contribution is -2.38. The van der Waals surface area contributed by atoms with E-state index in [0.29, 0.717) is 5.92 Å². The summed E-state index contributed by atoms with van der Waals surface area (Å²) in [6, 6.07) is 6.15. The topological polar surface area (TPSA) is 63.5 Å². The van der Waals surface area contributed by atoms with Crippen LogP contribution >= 0.6 is 0 Å². The molecule has 0 saturated carbocycles. The number of likely N-dealkylation sites (tertiary alicyclic amines) is 1. The number of amides is 1. The third kappa shape index (κ3) is 3.66. The van der Waals surface area contributed by atoms with Gasteiger partial charge in [-0.25, -0.2) is 0 Å². The Labute approximate surface area is 118 Å². The number of carbonyl (C=O) groups excluding carboxylic acids is 1. The lowest BCUT2D eigenvalue weighted by atomic mass is 10.0. The van der Waals surface area contributed by atoms with Crippen LogP contribution in [-0.2, 0) is 4.79 Å². The quantitative estimate of drug-likeness (QED) is 0.483. The van der Waals surface area contributed by atoms with Crippen LogP contribution in [0.3, 0.4) is 0 Å². The van der Waals surface area contributed by atoms with Crippen LogP contribution in [0.1, 0.15) is 25.3 Å². The maximum absolute atomic E-state index is 12.0. The van der Waals surface area contributed by atoms with Crippen molar-refractivity contribution in [2.75, 3.05) is 13.1 Å². The zero-order valence-electron chi connectivity index (χ0n) is 11.5. The average molecular weight is 274 g/mol. The molecular weight excluding hydrogens is 256 g/mol. The number of rotatable bonds is 3. The van der Waals surface area contributed by atoms with Gasteiger partial charge in [0.2, 0.25) is 5.91 Å². The van der Waals surface area contributed by atoms with E-state index in [9.17, 15) is 14.9 Å². The summed E-state index contributed by atoms with van der Waals surface area (Å²) >= 11 is 0. The Hall–Kier alpha value is -2.17. The first-order chi connectivity index (χ1) is 9.56. The van der Waals surface area contributed by atoms with Gasteiger partial charge in [0.15, 0.2) is 0 Å². The minimum atomic E-state index is -0.437. The van der Waals surface area contributed by atoms with Gasteiger partial charge in [0.1, 0.15) is 0 Å². The van der Waals surface area contributed by atoms with Crippen molar-refractivity contribution in [1.82, 2.24) is 4.90 Å². The van der Waals surface area contributed by atoms with Gasteiger partial charge in [0.25, 0.3) is 5.69 Å². The number of non-ortho nitro benzene ring substituents is 1. The first-order valence-corrected chi connectivity index (χ1v) is 6.77. The molecule has 1 heterocycles. The van der Waals surface area contributed by atoms with E-state index in [4.69, 9.17) is 0 Å². The van der Waals surface area contributed by atoms with E-state index in [-0.39, 0.29) is 11.6 Å². The monoisotopic (exact) mass is 274 g/mol. The minimum absolute atomic E-state index is 0.00917. The third-order valence-electron chi connectivity index (χ3n) is 3.49. The molecule has 1 aromatic rings. The summed E-state index contributed by atoms with van der Waals surface area (Å²) in [5.41, 5.74) is 0.840. The molecular formula is C15H18N2O3. The predicted molar refractivity (Wildman–Crippen MR) is 77.1 cm³/mol. The standard InChI is InChI=1S/C15H18N2O3/c1-12-3-2-10-16(11-12)15(18)9-6-13-4-7-14(8-5-13)17(19)20/h4-9,12H,2-3,10-11H2,1H3/b9-6+/t12-/m0/s1. The van der Waals surface area contributed by atoms with Gasteiger partial charge in [-0.2, -0.15) is 0 Å². The number of hydrogen-bond donors (Lipinski definition) is 0. The summed E-state index contributed by atoms with van der Waals surface area (Å²) in [5.74, 6) is 0.565. The number of carbonyl (C=O) groups is 1. The summed E-state index contributed by atoms with van der Waals surface area (Å²) < 4.78 is 0. The normalized spacial score (nSPS) is 19.2. The smallest absolute Gasteiger partial charge is 0.269 e. The van der Waals surface area contributed by atoms with Crippen molar-refractivity contribution in [2.45, 2.75) is 19.8 Å². The highest BCUT2D eigenvalue weighted by Crippen LogP contribution is 2.16. The largest absolute Gasteiger partial charge is 0.339 e. The Kier molecular flexibility index (Phi) is 4.50. The van der Waals surface area contributed by atoms with Crippen molar-refractivity contribution >= 4 is 17.7 Å². The summed E-state index contributed by atoms with van der Waals surface area (Å²) in [4.78, 5) is 24.0. The highest BCUT2D eigenvalue weighted by molar-refractivity contribution is 5.91. The van der Waals surface area contributed by atoms with E-state index < -0.39 is 4.92 Å². The third-order valence-corrected chi connectivity index (χ3v) is 3.49. The Morgan fingerprint density at radius 1 is 1.40 bits per heavy atom. The molecule has 0 N–H and O–H groups in total. The molecule has 0 aliphatic carbocycles. The molecule has 2 rings (SSSR count). The summed E-state index contributed by atoms with van der Waals surface area (Å²) in [7, 11) is 0. The van der Waals surface area contributed by atoms with E-state index in [0.717, 1.165) is 25.1 Å². The Morgan fingerprint density at radius 2 is 2.10 bits per heavy atom. The van der Waals surface area contributed by atoms with Gasteiger partial charge in [0, 0.05) is 31.3 Å². The number of hydrogen-bond acceptors (Lipinski definition) is 3. The van der Waals surface area contributed by atoms with Crippen molar-refractivity contribution in [1.29, 1.82) is 0 Å². The van der Waals surface area contributed by atoms with Crippen molar-refractivity contribution < 1.29 is 9.72 Å². The minimum Gasteiger partial charge on any atom is -0.339 e. The van der Waals surface area contributed by atoms with Crippen LogP contribution in [-0.4, -0.2) is 28.8 Å². The molecule has 1 atom stereocenters. The molecule has 0 unspecified atom stereocenters. The molecule has 1 aliphatic rings. The van der Waals surface area contributed by atoms with Crippen molar-refractivity contribution in [2.24, 2.45) is 5.92 Å². The average Bonchev–Trinajstić information content (AvgIpc) is 2.45. The molecule has 1 aromatic carbocycles. The molecule has 0 spiro atoms. The maximum Gasteiger partial charge on any atom is 0.269 e. The van der Waals surface area contributed by atoms with Gasteiger partial charge in [-0.05, 0) is 42.5 Å². The number of nitro groups is 1. The molecule has 106 valence electrons. The van der Waals surface area contributed by atoms with E-state index in [1.165, 1.54) is 18.6 Å². The summed E-state index contributed by atoms with van der Waals surface area (Å²) in [5, 5.41) is 10.5. The van der Waals surface area contributed by atoms with Crippen LogP contribution in [0.4, 0.5) is 5.69 Å². The Balaban J connectivity index is 1.97. The van der Waals surface area contributed by atoms with Gasteiger partial charge in [-0.15, -0.1) is 0 Å². The Bertz CT molecular complexity index is 522. The molecule has 1 fully saturated rings. The van der Waals surface area contributed by atoms with Crippen molar-refractivity contribution in [3.63, 3.8) is 0 Å². The first-order valence-electron chi connectivity index (χ1n) is 6.77. The zero-order valence-corrected chi connectivity index (χ0v) is 11.5. The first kappa shape index (κ1) is 14.2. The van der Waals surface area contributed by atoms with Gasteiger partial charge >= 0.3 is 0 Å². The highest BCUT2D eigenvalue weighted by Gasteiger charge is 2.18. The SMILES string of the molecule is C[C@H]1CCCN(C(=O)/C=C/c2ccc([N+](=O)[O-])cc2)C1. The molecule has 0 aromatic heterocycles.